The molecule has 0 unspecified atom stereocenters. The molecule has 3 amide bonds. The molecule has 1 heterocycles. The predicted octanol–water partition coefficient (Wildman–Crippen LogP) is 4.81. The largest absolute Gasteiger partial charge is 0.324 e. The van der Waals surface area contributed by atoms with Gasteiger partial charge in [-0.2, -0.15) is 0 Å². The molecular formula is C18H11Cl2FN2O3S. The van der Waals surface area contributed by atoms with Gasteiger partial charge in [-0.1, -0.05) is 35.3 Å². The van der Waals surface area contributed by atoms with Crippen LogP contribution < -0.4 is 5.32 Å². The molecule has 0 atom stereocenters. The first-order chi connectivity index (χ1) is 12.8. The van der Waals surface area contributed by atoms with Crippen molar-refractivity contribution in [2.24, 2.45) is 0 Å². The summed E-state index contributed by atoms with van der Waals surface area (Å²) < 4.78 is 13.2. The molecule has 0 aromatic heterocycles. The van der Waals surface area contributed by atoms with Gasteiger partial charge >= 0.3 is 0 Å². The molecule has 0 bridgehead atoms. The van der Waals surface area contributed by atoms with E-state index in [-0.39, 0.29) is 15.6 Å². The molecule has 27 heavy (non-hydrogen) atoms. The van der Waals surface area contributed by atoms with Crippen LogP contribution in [0, 0.1) is 5.82 Å². The third kappa shape index (κ3) is 4.68. The summed E-state index contributed by atoms with van der Waals surface area (Å²) in [6.07, 6.45) is 1.54. The summed E-state index contributed by atoms with van der Waals surface area (Å²) in [6, 6.07) is 10.5. The Balaban J connectivity index is 1.69. The van der Waals surface area contributed by atoms with Gasteiger partial charge in [0.1, 0.15) is 12.4 Å². The summed E-state index contributed by atoms with van der Waals surface area (Å²) in [5.41, 5.74) is 0.922. The highest BCUT2D eigenvalue weighted by Gasteiger charge is 2.36. The first kappa shape index (κ1) is 19.4. The molecule has 1 aliphatic rings. The van der Waals surface area contributed by atoms with Crippen LogP contribution in [-0.2, 0) is 9.59 Å². The van der Waals surface area contributed by atoms with Crippen molar-refractivity contribution in [3.8, 4) is 0 Å². The van der Waals surface area contributed by atoms with Crippen LogP contribution in [-0.4, -0.2) is 28.5 Å². The van der Waals surface area contributed by atoms with E-state index in [4.69, 9.17) is 23.2 Å². The topological polar surface area (TPSA) is 66.5 Å². The van der Waals surface area contributed by atoms with E-state index in [1.807, 2.05) is 0 Å². The molecular weight excluding hydrogens is 414 g/mol. The zero-order valence-corrected chi connectivity index (χ0v) is 15.9. The van der Waals surface area contributed by atoms with Gasteiger partial charge in [0.2, 0.25) is 5.91 Å². The van der Waals surface area contributed by atoms with Gasteiger partial charge in [0, 0.05) is 10.7 Å². The lowest BCUT2D eigenvalue weighted by Crippen LogP contribution is -2.36. The molecule has 3 rings (SSSR count). The molecule has 0 aliphatic carbocycles. The minimum absolute atomic E-state index is 0.150. The number of amides is 3. The van der Waals surface area contributed by atoms with E-state index >= 15 is 0 Å². The molecule has 1 aliphatic heterocycles. The Morgan fingerprint density at radius 3 is 2.67 bits per heavy atom. The van der Waals surface area contributed by atoms with Crippen LogP contribution in [0.3, 0.4) is 0 Å². The van der Waals surface area contributed by atoms with Crippen molar-refractivity contribution in [3.05, 3.63) is 68.8 Å². The smallest absolute Gasteiger partial charge is 0.294 e. The number of hydrogen-bond donors (Lipinski definition) is 1. The van der Waals surface area contributed by atoms with E-state index in [1.54, 1.807) is 24.3 Å². The SMILES string of the molecule is O=C(CN1C(=O)S/C(=C/c2cccc(Cl)c2)C1=O)Nc1ccc(F)c(Cl)c1. The van der Waals surface area contributed by atoms with Crippen molar-refractivity contribution in [3.63, 3.8) is 0 Å². The number of halogens is 3. The number of benzene rings is 2. The maximum Gasteiger partial charge on any atom is 0.294 e. The summed E-state index contributed by atoms with van der Waals surface area (Å²) in [5, 5.41) is 2.26. The van der Waals surface area contributed by atoms with Gasteiger partial charge in [0.25, 0.3) is 11.1 Å². The van der Waals surface area contributed by atoms with Gasteiger partial charge in [0.05, 0.1) is 9.93 Å². The second-order valence-corrected chi connectivity index (χ2v) is 7.34. The fraction of sp³-hybridized carbons (Fsp3) is 0.0556. The number of thioether (sulfide) groups is 1. The highest BCUT2D eigenvalue weighted by molar-refractivity contribution is 8.18. The number of carbonyl (C=O) groups excluding carboxylic acids is 3. The van der Waals surface area contributed by atoms with Gasteiger partial charge in [-0.05, 0) is 53.7 Å². The Morgan fingerprint density at radius 1 is 1.19 bits per heavy atom. The number of nitrogens with zero attached hydrogens (tertiary/aromatic N) is 1. The number of anilines is 1. The molecule has 2 aromatic rings. The Labute approximate surface area is 168 Å². The third-order valence-electron chi connectivity index (χ3n) is 3.53. The molecule has 2 aromatic carbocycles. The molecule has 1 N–H and O–H groups in total. The predicted molar refractivity (Wildman–Crippen MR) is 104 cm³/mol. The van der Waals surface area contributed by atoms with E-state index in [1.165, 1.54) is 18.2 Å². The van der Waals surface area contributed by atoms with E-state index in [2.05, 4.69) is 5.32 Å². The molecule has 0 saturated carbocycles. The maximum absolute atomic E-state index is 13.2. The third-order valence-corrected chi connectivity index (χ3v) is 4.96. The quantitative estimate of drug-likeness (QED) is 0.715. The molecule has 0 spiro atoms. The fourth-order valence-electron chi connectivity index (χ4n) is 2.30. The minimum Gasteiger partial charge on any atom is -0.324 e. The van der Waals surface area contributed by atoms with Crippen LogP contribution in [0.25, 0.3) is 6.08 Å². The maximum atomic E-state index is 13.2. The second kappa shape index (κ2) is 8.12. The van der Waals surface area contributed by atoms with Crippen LogP contribution in [0.1, 0.15) is 5.56 Å². The normalized spacial score (nSPS) is 15.5. The van der Waals surface area contributed by atoms with Crippen molar-refractivity contribution in [2.75, 3.05) is 11.9 Å². The summed E-state index contributed by atoms with van der Waals surface area (Å²) in [7, 11) is 0. The lowest BCUT2D eigenvalue weighted by Gasteiger charge is -2.12. The first-order valence-electron chi connectivity index (χ1n) is 7.59. The lowest BCUT2D eigenvalue weighted by molar-refractivity contribution is -0.127. The summed E-state index contributed by atoms with van der Waals surface area (Å²) in [5.74, 6) is -1.80. The van der Waals surface area contributed by atoms with Crippen LogP contribution in [0.5, 0.6) is 0 Å². The van der Waals surface area contributed by atoms with Gasteiger partial charge in [-0.3, -0.25) is 19.3 Å². The lowest BCUT2D eigenvalue weighted by atomic mass is 10.2. The zero-order chi connectivity index (χ0) is 19.6. The second-order valence-electron chi connectivity index (χ2n) is 5.50. The number of carbonyl (C=O) groups is 3. The van der Waals surface area contributed by atoms with Gasteiger partial charge in [-0.15, -0.1) is 0 Å². The number of nitrogens with one attached hydrogen (secondary N) is 1. The zero-order valence-electron chi connectivity index (χ0n) is 13.5. The van der Waals surface area contributed by atoms with Crippen molar-refractivity contribution in [1.29, 1.82) is 0 Å². The Kier molecular flexibility index (Phi) is 5.84. The summed E-state index contributed by atoms with van der Waals surface area (Å²) >= 11 is 12.3. The van der Waals surface area contributed by atoms with Crippen LogP contribution >= 0.6 is 35.0 Å². The van der Waals surface area contributed by atoms with Crippen molar-refractivity contribution in [1.82, 2.24) is 4.90 Å². The van der Waals surface area contributed by atoms with Crippen molar-refractivity contribution >= 4 is 63.8 Å². The molecule has 1 fully saturated rings. The van der Waals surface area contributed by atoms with E-state index < -0.39 is 29.4 Å². The molecule has 9 heteroatoms. The van der Waals surface area contributed by atoms with Gasteiger partial charge in [-0.25, -0.2) is 4.39 Å². The van der Waals surface area contributed by atoms with Crippen LogP contribution in [0.2, 0.25) is 10.0 Å². The number of rotatable bonds is 4. The average Bonchev–Trinajstić information content (AvgIpc) is 2.86. The minimum atomic E-state index is -0.619. The Hall–Kier alpha value is -2.35. The average molecular weight is 425 g/mol. The van der Waals surface area contributed by atoms with E-state index in [0.29, 0.717) is 10.6 Å². The standard InChI is InChI=1S/C18H11Cl2FN2O3S/c19-11-3-1-2-10(6-11)7-15-17(25)23(18(26)27-15)9-16(24)22-12-4-5-14(21)13(20)8-12/h1-8H,9H2,(H,22,24)/b15-7+. The van der Waals surface area contributed by atoms with Gasteiger partial charge in [0.15, 0.2) is 0 Å². The molecule has 138 valence electrons. The highest BCUT2D eigenvalue weighted by atomic mass is 35.5. The van der Waals surface area contributed by atoms with Crippen molar-refractivity contribution in [2.45, 2.75) is 0 Å². The van der Waals surface area contributed by atoms with E-state index in [9.17, 15) is 18.8 Å². The molecule has 5 nitrogen and oxygen atoms in total. The monoisotopic (exact) mass is 424 g/mol. The number of imide groups is 1. The first-order valence-corrected chi connectivity index (χ1v) is 9.16. The molecule has 1 saturated heterocycles. The Bertz CT molecular complexity index is 981. The highest BCUT2D eigenvalue weighted by Crippen LogP contribution is 2.32. The van der Waals surface area contributed by atoms with Gasteiger partial charge < -0.3 is 5.32 Å². The molecule has 0 radical (unpaired) electrons. The summed E-state index contributed by atoms with van der Waals surface area (Å²) in [6.45, 7) is -0.466. The number of hydrogen-bond acceptors (Lipinski definition) is 4. The Morgan fingerprint density at radius 2 is 1.96 bits per heavy atom. The van der Waals surface area contributed by atoms with Crippen LogP contribution in [0.4, 0.5) is 14.9 Å². The van der Waals surface area contributed by atoms with Crippen LogP contribution in [0.15, 0.2) is 47.4 Å². The summed E-state index contributed by atoms with van der Waals surface area (Å²) in [4.78, 5) is 37.7. The van der Waals surface area contributed by atoms with Crippen molar-refractivity contribution < 1.29 is 18.8 Å². The van der Waals surface area contributed by atoms with E-state index in [0.717, 1.165) is 22.7 Å². The fourth-order valence-corrected chi connectivity index (χ4v) is 3.52.